The van der Waals surface area contributed by atoms with E-state index in [0.29, 0.717) is 22.6 Å². The van der Waals surface area contributed by atoms with Gasteiger partial charge in [0, 0.05) is 18.7 Å². The van der Waals surface area contributed by atoms with E-state index < -0.39 is 0 Å². The Morgan fingerprint density at radius 3 is 2.72 bits per heavy atom. The predicted molar refractivity (Wildman–Crippen MR) is 111 cm³/mol. The molecule has 3 aromatic rings. The van der Waals surface area contributed by atoms with E-state index in [4.69, 9.17) is 9.97 Å². The maximum atomic E-state index is 13.1. The molecular formula is C22H25N5O2. The van der Waals surface area contributed by atoms with E-state index in [1.54, 1.807) is 10.6 Å². The lowest BCUT2D eigenvalue weighted by Crippen LogP contribution is -2.33. The Labute approximate surface area is 169 Å². The summed E-state index contributed by atoms with van der Waals surface area (Å²) in [5.74, 6) is 3.02. The molecule has 2 aliphatic rings. The maximum absolute atomic E-state index is 13.1. The molecule has 150 valence electrons. The molecule has 7 nitrogen and oxygen atoms in total. The van der Waals surface area contributed by atoms with Crippen LogP contribution >= 0.6 is 0 Å². The van der Waals surface area contributed by atoms with Gasteiger partial charge in [-0.2, -0.15) is 0 Å². The van der Waals surface area contributed by atoms with Crippen LogP contribution in [0, 0.1) is 0 Å². The van der Waals surface area contributed by atoms with E-state index in [-0.39, 0.29) is 24.8 Å². The highest BCUT2D eigenvalue weighted by Crippen LogP contribution is 2.37. The minimum Gasteiger partial charge on any atom is -0.395 e. The molecule has 0 spiro atoms. The standard InChI is InChI=1S/C22H25N5O2/c28-14-13-27-21(24-17-8-2-1-7-16(17)22(27)29)18-9-4-12-26(18)19-10-11-23-20(25-19)15-5-3-6-15/h1-2,7-8,10-11,15,18,28H,3-6,9,12-14H2. The highest BCUT2D eigenvalue weighted by molar-refractivity contribution is 5.77. The highest BCUT2D eigenvalue weighted by atomic mass is 16.3. The summed E-state index contributed by atoms with van der Waals surface area (Å²) in [6, 6.07) is 9.33. The Bertz CT molecular complexity index is 1090. The number of hydrogen-bond acceptors (Lipinski definition) is 6. The molecule has 29 heavy (non-hydrogen) atoms. The number of rotatable bonds is 5. The molecule has 1 aliphatic carbocycles. The first kappa shape index (κ1) is 18.2. The van der Waals surface area contributed by atoms with Crippen LogP contribution in [0.1, 0.15) is 55.7 Å². The third-order valence-electron chi connectivity index (χ3n) is 6.19. The molecule has 1 aromatic carbocycles. The molecule has 1 unspecified atom stereocenters. The van der Waals surface area contributed by atoms with Crippen molar-refractivity contribution in [3.05, 3.63) is 58.5 Å². The molecule has 1 N–H and O–H groups in total. The van der Waals surface area contributed by atoms with Crippen LogP contribution in [0.2, 0.25) is 0 Å². The lowest BCUT2D eigenvalue weighted by atomic mass is 9.85. The maximum Gasteiger partial charge on any atom is 0.261 e. The van der Waals surface area contributed by atoms with Crippen LogP contribution in [0.25, 0.3) is 10.9 Å². The first-order chi connectivity index (χ1) is 14.3. The van der Waals surface area contributed by atoms with Gasteiger partial charge in [-0.3, -0.25) is 9.36 Å². The molecule has 0 bridgehead atoms. The van der Waals surface area contributed by atoms with Crippen molar-refractivity contribution in [3.63, 3.8) is 0 Å². The largest absolute Gasteiger partial charge is 0.395 e. The quantitative estimate of drug-likeness (QED) is 0.720. The van der Waals surface area contributed by atoms with Crippen LogP contribution in [0.5, 0.6) is 0 Å². The van der Waals surface area contributed by atoms with E-state index in [9.17, 15) is 9.90 Å². The second kappa shape index (κ2) is 7.55. The molecule has 1 aliphatic heterocycles. The van der Waals surface area contributed by atoms with E-state index >= 15 is 0 Å². The van der Waals surface area contributed by atoms with Gasteiger partial charge in [-0.1, -0.05) is 18.6 Å². The van der Waals surface area contributed by atoms with Gasteiger partial charge in [0.2, 0.25) is 0 Å². The zero-order valence-electron chi connectivity index (χ0n) is 16.4. The highest BCUT2D eigenvalue weighted by Gasteiger charge is 2.32. The fourth-order valence-corrected chi connectivity index (χ4v) is 4.45. The molecule has 3 heterocycles. The minimum atomic E-state index is -0.0982. The van der Waals surface area contributed by atoms with Gasteiger partial charge in [0.15, 0.2) is 0 Å². The van der Waals surface area contributed by atoms with Gasteiger partial charge >= 0.3 is 0 Å². The summed E-state index contributed by atoms with van der Waals surface area (Å²) in [4.78, 5) is 29.6. The van der Waals surface area contributed by atoms with E-state index in [0.717, 1.165) is 43.9 Å². The number of aliphatic hydroxyl groups is 1. The van der Waals surface area contributed by atoms with Crippen molar-refractivity contribution < 1.29 is 5.11 Å². The van der Waals surface area contributed by atoms with Gasteiger partial charge < -0.3 is 10.0 Å². The van der Waals surface area contributed by atoms with Gasteiger partial charge in [-0.25, -0.2) is 15.0 Å². The number of hydrogen-bond donors (Lipinski definition) is 1. The van der Waals surface area contributed by atoms with Crippen molar-refractivity contribution in [1.82, 2.24) is 19.5 Å². The van der Waals surface area contributed by atoms with Gasteiger partial charge in [-0.05, 0) is 43.9 Å². The number of fused-ring (bicyclic) bond motifs is 1. The Hall–Kier alpha value is -2.80. The second-order valence-electron chi connectivity index (χ2n) is 7.92. The molecule has 0 radical (unpaired) electrons. The summed E-state index contributed by atoms with van der Waals surface area (Å²) >= 11 is 0. The number of para-hydroxylation sites is 1. The van der Waals surface area contributed by atoms with Crippen molar-refractivity contribution in [3.8, 4) is 0 Å². The van der Waals surface area contributed by atoms with Crippen LogP contribution in [0.15, 0.2) is 41.3 Å². The molecule has 7 heteroatoms. The summed E-state index contributed by atoms with van der Waals surface area (Å²) in [7, 11) is 0. The average molecular weight is 391 g/mol. The van der Waals surface area contributed by atoms with Crippen LogP contribution in [-0.4, -0.2) is 37.8 Å². The smallest absolute Gasteiger partial charge is 0.261 e. The number of aromatic nitrogens is 4. The molecule has 1 atom stereocenters. The Morgan fingerprint density at radius 1 is 1.07 bits per heavy atom. The zero-order valence-corrected chi connectivity index (χ0v) is 16.4. The lowest BCUT2D eigenvalue weighted by molar-refractivity contribution is 0.270. The topological polar surface area (TPSA) is 84.1 Å². The van der Waals surface area contributed by atoms with Crippen molar-refractivity contribution in [2.45, 2.75) is 50.6 Å². The van der Waals surface area contributed by atoms with Crippen LogP contribution in [0.3, 0.4) is 0 Å². The number of nitrogens with zero attached hydrogens (tertiary/aromatic N) is 5. The van der Waals surface area contributed by atoms with Crippen LogP contribution < -0.4 is 10.5 Å². The van der Waals surface area contributed by atoms with Gasteiger partial charge in [0.05, 0.1) is 30.1 Å². The molecular weight excluding hydrogens is 366 g/mol. The fraction of sp³-hybridized carbons (Fsp3) is 0.455. The Morgan fingerprint density at radius 2 is 1.93 bits per heavy atom. The molecule has 1 saturated heterocycles. The van der Waals surface area contributed by atoms with E-state index in [2.05, 4.69) is 9.88 Å². The van der Waals surface area contributed by atoms with Crippen molar-refractivity contribution >= 4 is 16.7 Å². The second-order valence-corrected chi connectivity index (χ2v) is 7.92. The number of aliphatic hydroxyl groups excluding tert-OH is 1. The van der Waals surface area contributed by atoms with Crippen molar-refractivity contribution in [2.24, 2.45) is 0 Å². The lowest BCUT2D eigenvalue weighted by Gasteiger charge is -2.29. The SMILES string of the molecule is O=c1c2ccccc2nc(C2CCCN2c2ccnc(C3CCC3)n2)n1CCO. The Balaban J connectivity index is 1.58. The van der Waals surface area contributed by atoms with Gasteiger partial charge in [0.25, 0.3) is 5.56 Å². The summed E-state index contributed by atoms with van der Waals surface area (Å²) in [6.07, 6.45) is 7.33. The monoisotopic (exact) mass is 391 g/mol. The van der Waals surface area contributed by atoms with E-state index in [1.165, 1.54) is 6.42 Å². The van der Waals surface area contributed by atoms with Crippen molar-refractivity contribution in [2.75, 3.05) is 18.1 Å². The Kier molecular flexibility index (Phi) is 4.75. The summed E-state index contributed by atoms with van der Waals surface area (Å²) in [5.41, 5.74) is 0.607. The number of anilines is 1. The normalized spacial score (nSPS) is 19.6. The van der Waals surface area contributed by atoms with Crippen LogP contribution in [0.4, 0.5) is 5.82 Å². The third-order valence-corrected chi connectivity index (χ3v) is 6.19. The first-order valence-electron chi connectivity index (χ1n) is 10.5. The summed E-state index contributed by atoms with van der Waals surface area (Å²) in [5, 5.41) is 10.2. The third kappa shape index (κ3) is 3.19. The molecule has 0 amide bonds. The van der Waals surface area contributed by atoms with E-state index in [1.807, 2.05) is 30.5 Å². The number of benzene rings is 1. The molecule has 1 saturated carbocycles. The van der Waals surface area contributed by atoms with Gasteiger partial charge in [0.1, 0.15) is 17.5 Å². The van der Waals surface area contributed by atoms with Crippen molar-refractivity contribution in [1.29, 1.82) is 0 Å². The summed E-state index contributed by atoms with van der Waals surface area (Å²) < 4.78 is 1.64. The molecule has 5 rings (SSSR count). The zero-order chi connectivity index (χ0) is 19.8. The summed E-state index contributed by atoms with van der Waals surface area (Å²) in [6.45, 7) is 1.01. The minimum absolute atomic E-state index is 0.0389. The first-order valence-corrected chi connectivity index (χ1v) is 10.5. The fourth-order valence-electron chi connectivity index (χ4n) is 4.45. The van der Waals surface area contributed by atoms with Gasteiger partial charge in [-0.15, -0.1) is 0 Å². The molecule has 2 fully saturated rings. The molecule has 2 aromatic heterocycles. The van der Waals surface area contributed by atoms with Crippen LogP contribution in [-0.2, 0) is 6.54 Å². The predicted octanol–water partition coefficient (Wildman–Crippen LogP) is 2.79. The average Bonchev–Trinajstić information content (AvgIpc) is 3.19.